The Morgan fingerprint density at radius 1 is 0.962 bits per heavy atom. The second kappa shape index (κ2) is 7.44. The van der Waals surface area contributed by atoms with Crippen LogP contribution in [0.2, 0.25) is 0 Å². The zero-order valence-electron chi connectivity index (χ0n) is 15.3. The molecule has 0 radical (unpaired) electrons. The number of aromatic nitrogens is 1. The highest BCUT2D eigenvalue weighted by molar-refractivity contribution is 5.97. The van der Waals surface area contributed by atoms with Crippen LogP contribution < -0.4 is 14.2 Å². The summed E-state index contributed by atoms with van der Waals surface area (Å²) < 4.78 is 16.4. The van der Waals surface area contributed by atoms with Gasteiger partial charge in [0.2, 0.25) is 0 Å². The Labute approximate surface area is 152 Å². The van der Waals surface area contributed by atoms with E-state index in [1.54, 1.807) is 27.4 Å². The summed E-state index contributed by atoms with van der Waals surface area (Å²) >= 11 is 0. The molecule has 26 heavy (non-hydrogen) atoms. The maximum absolute atomic E-state index is 12.0. The summed E-state index contributed by atoms with van der Waals surface area (Å²) in [7, 11) is 4.77. The van der Waals surface area contributed by atoms with Crippen molar-refractivity contribution in [2.45, 2.75) is 13.3 Å². The first-order valence-corrected chi connectivity index (χ1v) is 8.36. The molecule has 0 saturated heterocycles. The molecule has 5 nitrogen and oxygen atoms in total. The van der Waals surface area contributed by atoms with E-state index in [9.17, 15) is 4.79 Å². The number of carbonyl (C=O) groups excluding carboxylic acids is 1. The quantitative estimate of drug-likeness (QED) is 0.611. The van der Waals surface area contributed by atoms with E-state index in [0.717, 1.165) is 16.6 Å². The van der Waals surface area contributed by atoms with Crippen molar-refractivity contribution in [3.63, 3.8) is 0 Å². The number of benzene rings is 2. The molecule has 0 aliphatic carbocycles. The van der Waals surface area contributed by atoms with Gasteiger partial charge >= 0.3 is 0 Å². The number of hydrogen-bond acceptors (Lipinski definition) is 5. The minimum atomic E-state index is 0.108. The van der Waals surface area contributed by atoms with Crippen LogP contribution >= 0.6 is 0 Å². The van der Waals surface area contributed by atoms with Gasteiger partial charge in [0, 0.05) is 29.0 Å². The number of methoxy groups -OCH3 is 3. The van der Waals surface area contributed by atoms with Crippen LogP contribution in [0.15, 0.2) is 42.5 Å². The molecule has 3 aromatic rings. The van der Waals surface area contributed by atoms with Crippen LogP contribution in [0, 0.1) is 0 Å². The van der Waals surface area contributed by atoms with Gasteiger partial charge in [0.25, 0.3) is 0 Å². The smallest absolute Gasteiger partial charge is 0.170 e. The molecular weight excluding hydrogens is 330 g/mol. The third-order valence-electron chi connectivity index (χ3n) is 4.30. The number of ether oxygens (including phenoxy) is 3. The molecular formula is C21H21NO4. The number of Topliss-reactive ketones (excluding diaryl/α,β-unsaturated/α-hetero) is 1. The summed E-state index contributed by atoms with van der Waals surface area (Å²) in [5, 5.41) is 0.799. The van der Waals surface area contributed by atoms with Gasteiger partial charge in [0.15, 0.2) is 17.3 Å². The standard InChI is InChI=1S/C21H21NO4/c1-5-17(23)14-8-6-7-13(11-14)16-10-9-15-20(22-16)18(24-2)12-19(25-3)21(15)26-4/h6-12H,5H2,1-4H3. The van der Waals surface area contributed by atoms with Crippen molar-refractivity contribution in [3.8, 4) is 28.5 Å². The lowest BCUT2D eigenvalue weighted by molar-refractivity contribution is 0.0988. The van der Waals surface area contributed by atoms with Gasteiger partial charge in [-0.25, -0.2) is 4.98 Å². The van der Waals surface area contributed by atoms with Crippen molar-refractivity contribution < 1.29 is 19.0 Å². The number of rotatable bonds is 6. The van der Waals surface area contributed by atoms with Gasteiger partial charge < -0.3 is 14.2 Å². The second-order valence-electron chi connectivity index (χ2n) is 5.76. The fraction of sp³-hybridized carbons (Fsp3) is 0.238. The normalized spacial score (nSPS) is 10.6. The van der Waals surface area contributed by atoms with Gasteiger partial charge in [-0.1, -0.05) is 25.1 Å². The lowest BCUT2D eigenvalue weighted by Crippen LogP contribution is -1.98. The maximum atomic E-state index is 12.0. The van der Waals surface area contributed by atoms with Crippen molar-refractivity contribution >= 4 is 16.7 Å². The minimum absolute atomic E-state index is 0.108. The van der Waals surface area contributed by atoms with Crippen LogP contribution in [0.4, 0.5) is 0 Å². The topological polar surface area (TPSA) is 57.7 Å². The fourth-order valence-electron chi connectivity index (χ4n) is 2.95. The van der Waals surface area contributed by atoms with Crippen LogP contribution in [0.25, 0.3) is 22.2 Å². The van der Waals surface area contributed by atoms with Gasteiger partial charge in [-0.05, 0) is 18.2 Å². The first kappa shape index (κ1) is 17.7. The average Bonchev–Trinajstić information content (AvgIpc) is 2.71. The summed E-state index contributed by atoms with van der Waals surface area (Å²) in [5.74, 6) is 1.90. The molecule has 3 rings (SSSR count). The number of pyridine rings is 1. The zero-order chi connectivity index (χ0) is 18.7. The molecule has 0 unspecified atom stereocenters. The van der Waals surface area contributed by atoms with E-state index in [-0.39, 0.29) is 5.78 Å². The van der Waals surface area contributed by atoms with E-state index < -0.39 is 0 Å². The van der Waals surface area contributed by atoms with Gasteiger partial charge in [0.1, 0.15) is 11.3 Å². The SMILES string of the molecule is CCC(=O)c1cccc(-c2ccc3c(OC)c(OC)cc(OC)c3n2)c1. The van der Waals surface area contributed by atoms with Crippen molar-refractivity contribution in [1.82, 2.24) is 4.98 Å². The van der Waals surface area contributed by atoms with Crippen molar-refractivity contribution in [2.75, 3.05) is 21.3 Å². The molecule has 134 valence electrons. The Hall–Kier alpha value is -3.08. The molecule has 5 heteroatoms. The Kier molecular flexibility index (Phi) is 5.07. The van der Waals surface area contributed by atoms with Crippen molar-refractivity contribution in [2.24, 2.45) is 0 Å². The van der Waals surface area contributed by atoms with E-state index >= 15 is 0 Å². The zero-order valence-corrected chi connectivity index (χ0v) is 15.3. The van der Waals surface area contributed by atoms with E-state index in [0.29, 0.717) is 34.7 Å². The number of hydrogen-bond donors (Lipinski definition) is 0. The molecule has 0 spiro atoms. The predicted molar refractivity (Wildman–Crippen MR) is 101 cm³/mol. The first-order chi connectivity index (χ1) is 12.6. The van der Waals surface area contributed by atoms with E-state index in [1.807, 2.05) is 43.3 Å². The number of carbonyl (C=O) groups is 1. The molecule has 0 amide bonds. The number of fused-ring (bicyclic) bond motifs is 1. The largest absolute Gasteiger partial charge is 0.494 e. The Morgan fingerprint density at radius 3 is 2.38 bits per heavy atom. The third kappa shape index (κ3) is 3.08. The Bertz CT molecular complexity index is 966. The van der Waals surface area contributed by atoms with Gasteiger partial charge in [0.05, 0.1) is 27.0 Å². The average molecular weight is 351 g/mol. The van der Waals surface area contributed by atoms with Crippen LogP contribution in [0.1, 0.15) is 23.7 Å². The second-order valence-corrected chi connectivity index (χ2v) is 5.76. The fourth-order valence-corrected chi connectivity index (χ4v) is 2.95. The molecule has 1 aromatic heterocycles. The summed E-state index contributed by atoms with van der Waals surface area (Å²) in [5.41, 5.74) is 3.00. The van der Waals surface area contributed by atoms with Gasteiger partial charge in [-0.3, -0.25) is 4.79 Å². The number of nitrogens with zero attached hydrogens (tertiary/aromatic N) is 1. The molecule has 0 aliphatic rings. The van der Waals surface area contributed by atoms with Crippen molar-refractivity contribution in [1.29, 1.82) is 0 Å². The van der Waals surface area contributed by atoms with E-state index in [2.05, 4.69) is 0 Å². The highest BCUT2D eigenvalue weighted by Gasteiger charge is 2.16. The summed E-state index contributed by atoms with van der Waals surface area (Å²) in [6.45, 7) is 1.85. The van der Waals surface area contributed by atoms with E-state index in [4.69, 9.17) is 19.2 Å². The Morgan fingerprint density at radius 2 is 1.73 bits per heavy atom. The highest BCUT2D eigenvalue weighted by Crippen LogP contribution is 2.41. The molecule has 0 aliphatic heterocycles. The third-order valence-corrected chi connectivity index (χ3v) is 4.30. The first-order valence-electron chi connectivity index (χ1n) is 8.36. The van der Waals surface area contributed by atoms with Crippen LogP contribution in [0.5, 0.6) is 17.2 Å². The molecule has 0 fully saturated rings. The molecule has 0 atom stereocenters. The maximum Gasteiger partial charge on any atom is 0.170 e. The molecule has 0 N–H and O–H groups in total. The highest BCUT2D eigenvalue weighted by atomic mass is 16.5. The van der Waals surface area contributed by atoms with Crippen LogP contribution in [-0.4, -0.2) is 32.1 Å². The van der Waals surface area contributed by atoms with E-state index in [1.165, 1.54) is 0 Å². The number of ketones is 1. The summed E-state index contributed by atoms with van der Waals surface area (Å²) in [6, 6.07) is 13.1. The van der Waals surface area contributed by atoms with Crippen LogP contribution in [-0.2, 0) is 0 Å². The lowest BCUT2D eigenvalue weighted by Gasteiger charge is -2.14. The molecule has 1 heterocycles. The monoisotopic (exact) mass is 351 g/mol. The lowest BCUT2D eigenvalue weighted by atomic mass is 10.0. The minimum Gasteiger partial charge on any atom is -0.494 e. The van der Waals surface area contributed by atoms with Crippen LogP contribution in [0.3, 0.4) is 0 Å². The summed E-state index contributed by atoms with van der Waals surface area (Å²) in [6.07, 6.45) is 0.472. The predicted octanol–water partition coefficient (Wildman–Crippen LogP) is 4.52. The molecule has 0 bridgehead atoms. The summed E-state index contributed by atoms with van der Waals surface area (Å²) in [4.78, 5) is 16.7. The Balaban J connectivity index is 2.20. The molecule has 2 aromatic carbocycles. The van der Waals surface area contributed by atoms with Gasteiger partial charge in [-0.2, -0.15) is 0 Å². The molecule has 0 saturated carbocycles. The van der Waals surface area contributed by atoms with Crippen molar-refractivity contribution in [3.05, 3.63) is 48.0 Å². The van der Waals surface area contributed by atoms with Gasteiger partial charge in [-0.15, -0.1) is 0 Å².